The molecule has 0 aliphatic heterocycles. The Bertz CT molecular complexity index is 1430. The monoisotopic (exact) mass is 546 g/mol. The van der Waals surface area contributed by atoms with Gasteiger partial charge in [0.1, 0.15) is 12.1 Å². The molecule has 12 nitrogen and oxygen atoms in total. The van der Waals surface area contributed by atoms with E-state index in [2.05, 4.69) is 16.0 Å². The van der Waals surface area contributed by atoms with Crippen LogP contribution >= 0.6 is 0 Å². The lowest BCUT2D eigenvalue weighted by molar-refractivity contribution is -0.384. The van der Waals surface area contributed by atoms with Crippen LogP contribution in [-0.2, 0) is 14.3 Å². The van der Waals surface area contributed by atoms with E-state index in [1.165, 1.54) is 93.8 Å². The maximum absolute atomic E-state index is 13.1. The smallest absolute Gasteiger partial charge is 0.269 e. The molecule has 0 saturated heterocycles. The summed E-state index contributed by atoms with van der Waals surface area (Å²) in [5, 5.41) is 18.5. The lowest BCUT2D eigenvalue weighted by Crippen LogP contribution is -2.54. The number of nitro benzene ring substituents is 1. The minimum absolute atomic E-state index is 0.135. The first-order chi connectivity index (χ1) is 19.0. The third kappa shape index (κ3) is 7.42. The summed E-state index contributed by atoms with van der Waals surface area (Å²) in [7, 11) is 1.24. The van der Waals surface area contributed by atoms with Crippen molar-refractivity contribution in [1.29, 1.82) is 0 Å². The second-order valence-corrected chi connectivity index (χ2v) is 8.68. The van der Waals surface area contributed by atoms with Crippen LogP contribution in [0.15, 0.2) is 72.8 Å². The Morgan fingerprint density at radius 1 is 0.725 bits per heavy atom. The van der Waals surface area contributed by atoms with Gasteiger partial charge in [-0.3, -0.25) is 34.1 Å². The van der Waals surface area contributed by atoms with Crippen LogP contribution in [0.5, 0.6) is 0 Å². The number of benzene rings is 3. The highest BCUT2D eigenvalue weighted by atomic mass is 16.6. The Morgan fingerprint density at radius 3 is 1.68 bits per heavy atom. The van der Waals surface area contributed by atoms with E-state index in [-0.39, 0.29) is 22.6 Å². The topological polar surface area (TPSA) is 174 Å². The maximum atomic E-state index is 13.1. The van der Waals surface area contributed by atoms with Gasteiger partial charge in [0.15, 0.2) is 11.6 Å². The molecule has 0 radical (unpaired) electrons. The van der Waals surface area contributed by atoms with Crippen molar-refractivity contribution in [1.82, 2.24) is 5.32 Å². The quantitative estimate of drug-likeness (QED) is 0.186. The van der Waals surface area contributed by atoms with Crippen LogP contribution in [0.25, 0.3) is 0 Å². The summed E-state index contributed by atoms with van der Waals surface area (Å²) in [5.41, 5.74) is 1.34. The van der Waals surface area contributed by atoms with Crippen molar-refractivity contribution >= 4 is 46.4 Å². The predicted molar refractivity (Wildman–Crippen MR) is 145 cm³/mol. The van der Waals surface area contributed by atoms with Crippen molar-refractivity contribution in [3.8, 4) is 0 Å². The number of nitro groups is 1. The average Bonchev–Trinajstić information content (AvgIpc) is 2.93. The SMILES string of the molecule is COC(C(C)=O)C(NC(=O)c1ccc(NC(=O)c2ccc([N+](=O)[O-])cc2)cc1)C(=O)Nc1ccc(C(C)=O)cc1. The van der Waals surface area contributed by atoms with Crippen LogP contribution in [0, 0.1) is 10.1 Å². The Labute approximate surface area is 228 Å². The summed E-state index contributed by atoms with van der Waals surface area (Å²) in [6, 6.07) is 15.5. The van der Waals surface area contributed by atoms with Gasteiger partial charge in [0.25, 0.3) is 17.5 Å². The molecular formula is C28H26N4O8. The minimum atomic E-state index is -1.39. The van der Waals surface area contributed by atoms with Gasteiger partial charge in [-0.05, 0) is 74.5 Å². The highest BCUT2D eigenvalue weighted by molar-refractivity contribution is 6.06. The molecule has 3 rings (SSSR count). The number of rotatable bonds is 11. The first-order valence-corrected chi connectivity index (χ1v) is 11.9. The van der Waals surface area contributed by atoms with Crippen LogP contribution in [-0.4, -0.2) is 53.5 Å². The van der Waals surface area contributed by atoms with Crippen molar-refractivity contribution in [2.75, 3.05) is 17.7 Å². The molecule has 3 amide bonds. The predicted octanol–water partition coefficient (Wildman–Crippen LogP) is 3.39. The van der Waals surface area contributed by atoms with E-state index in [4.69, 9.17) is 4.74 Å². The van der Waals surface area contributed by atoms with E-state index >= 15 is 0 Å². The number of carbonyl (C=O) groups is 5. The molecule has 0 spiro atoms. The van der Waals surface area contributed by atoms with Gasteiger partial charge < -0.3 is 20.7 Å². The van der Waals surface area contributed by atoms with Gasteiger partial charge in [-0.2, -0.15) is 0 Å². The lowest BCUT2D eigenvalue weighted by Gasteiger charge is -2.24. The molecule has 2 atom stereocenters. The Balaban J connectivity index is 1.71. The molecule has 0 fully saturated rings. The summed E-state index contributed by atoms with van der Waals surface area (Å²) in [6.07, 6.45) is -1.28. The third-order valence-corrected chi connectivity index (χ3v) is 5.83. The fourth-order valence-electron chi connectivity index (χ4n) is 3.69. The molecule has 3 N–H and O–H groups in total. The second-order valence-electron chi connectivity index (χ2n) is 8.68. The third-order valence-electron chi connectivity index (χ3n) is 5.83. The normalized spacial score (nSPS) is 12.0. The lowest BCUT2D eigenvalue weighted by atomic mass is 10.0. The first kappa shape index (κ1) is 29.3. The molecular weight excluding hydrogens is 520 g/mol. The van der Waals surface area contributed by atoms with E-state index in [0.29, 0.717) is 16.9 Å². The second kappa shape index (κ2) is 13.0. The molecule has 0 bridgehead atoms. The fourth-order valence-corrected chi connectivity index (χ4v) is 3.69. The van der Waals surface area contributed by atoms with E-state index in [1.807, 2.05) is 0 Å². The van der Waals surface area contributed by atoms with E-state index in [1.54, 1.807) is 0 Å². The van der Waals surface area contributed by atoms with E-state index in [0.717, 1.165) is 0 Å². The number of anilines is 2. The van der Waals surface area contributed by atoms with Gasteiger partial charge in [0, 0.05) is 47.3 Å². The Hall–Kier alpha value is -5.23. The summed E-state index contributed by atoms with van der Waals surface area (Å²) < 4.78 is 5.19. The minimum Gasteiger partial charge on any atom is -0.371 e. The molecule has 0 aromatic heterocycles. The summed E-state index contributed by atoms with van der Waals surface area (Å²) >= 11 is 0. The van der Waals surface area contributed by atoms with Gasteiger partial charge in [0.05, 0.1) is 4.92 Å². The van der Waals surface area contributed by atoms with Crippen LogP contribution in [0.1, 0.15) is 44.9 Å². The summed E-state index contributed by atoms with van der Waals surface area (Å²) in [6.45, 7) is 2.64. The zero-order valence-electron chi connectivity index (χ0n) is 21.8. The van der Waals surface area contributed by atoms with E-state index in [9.17, 15) is 34.1 Å². The van der Waals surface area contributed by atoms with Crippen LogP contribution in [0.2, 0.25) is 0 Å². The van der Waals surface area contributed by atoms with Crippen molar-refractivity contribution in [3.05, 3.63) is 99.6 Å². The summed E-state index contributed by atoms with van der Waals surface area (Å²) in [4.78, 5) is 72.3. The molecule has 0 aliphatic rings. The molecule has 3 aromatic rings. The van der Waals surface area contributed by atoms with Gasteiger partial charge >= 0.3 is 0 Å². The van der Waals surface area contributed by atoms with E-state index < -0.39 is 40.6 Å². The molecule has 3 aromatic carbocycles. The van der Waals surface area contributed by atoms with Gasteiger partial charge in [-0.15, -0.1) is 0 Å². The standard InChI is InChI=1S/C28H26N4O8/c1-16(33)18-4-10-22(11-5-18)30-28(37)24(25(40-3)17(2)34)31-27(36)19-6-12-21(13-7-19)29-26(35)20-8-14-23(15-9-20)32(38)39/h4-15,24-25H,1-3H3,(H,29,35)(H,30,37)(H,31,36). The van der Waals surface area contributed by atoms with Crippen LogP contribution in [0.3, 0.4) is 0 Å². The van der Waals surface area contributed by atoms with Crippen LogP contribution in [0.4, 0.5) is 17.1 Å². The zero-order valence-corrected chi connectivity index (χ0v) is 21.8. The summed E-state index contributed by atoms with van der Waals surface area (Å²) in [5.74, 6) is -2.53. The maximum Gasteiger partial charge on any atom is 0.269 e. The number of Topliss-reactive ketones (excluding diaryl/α,β-unsaturated/α-hetero) is 2. The highest BCUT2D eigenvalue weighted by Crippen LogP contribution is 2.16. The van der Waals surface area contributed by atoms with Crippen molar-refractivity contribution in [2.24, 2.45) is 0 Å². The molecule has 2 unspecified atom stereocenters. The highest BCUT2D eigenvalue weighted by Gasteiger charge is 2.33. The average molecular weight is 547 g/mol. The Morgan fingerprint density at radius 2 is 1.20 bits per heavy atom. The Kier molecular flexibility index (Phi) is 9.55. The molecule has 12 heteroatoms. The van der Waals surface area contributed by atoms with Crippen LogP contribution < -0.4 is 16.0 Å². The first-order valence-electron chi connectivity index (χ1n) is 11.9. The number of ether oxygens (including phenoxy) is 1. The zero-order chi connectivity index (χ0) is 29.4. The fraction of sp³-hybridized carbons (Fsp3) is 0.179. The number of hydrogen-bond acceptors (Lipinski definition) is 8. The molecule has 206 valence electrons. The number of nitrogens with zero attached hydrogens (tertiary/aromatic N) is 1. The van der Waals surface area contributed by atoms with Crippen molar-refractivity contribution < 1.29 is 33.6 Å². The number of hydrogen-bond donors (Lipinski definition) is 3. The van der Waals surface area contributed by atoms with Crippen molar-refractivity contribution in [3.63, 3.8) is 0 Å². The van der Waals surface area contributed by atoms with Gasteiger partial charge in [-0.1, -0.05) is 0 Å². The number of nitrogens with one attached hydrogen (secondary N) is 3. The van der Waals surface area contributed by atoms with Gasteiger partial charge in [0.2, 0.25) is 5.91 Å². The largest absolute Gasteiger partial charge is 0.371 e. The number of ketones is 2. The van der Waals surface area contributed by atoms with Gasteiger partial charge in [-0.25, -0.2) is 0 Å². The molecule has 40 heavy (non-hydrogen) atoms. The molecule has 0 saturated carbocycles. The molecule has 0 aliphatic carbocycles. The number of non-ortho nitro benzene ring substituents is 1. The number of carbonyl (C=O) groups excluding carboxylic acids is 5. The number of amides is 3. The molecule has 0 heterocycles. The van der Waals surface area contributed by atoms with Crippen molar-refractivity contribution in [2.45, 2.75) is 26.0 Å². The number of methoxy groups -OCH3 is 1.